The summed E-state index contributed by atoms with van der Waals surface area (Å²) in [4.78, 5) is 12.5. The van der Waals surface area contributed by atoms with Gasteiger partial charge in [0.1, 0.15) is 11.7 Å². The average molecular weight is 284 g/mol. The second-order valence-corrected chi connectivity index (χ2v) is 7.55. The molecule has 0 amide bonds. The molecular weight excluding hydrogens is 260 g/mol. The predicted octanol–water partition coefficient (Wildman–Crippen LogP) is 2.17. The summed E-state index contributed by atoms with van der Waals surface area (Å²) in [7, 11) is 0. The predicted molar refractivity (Wildman–Crippen MR) is 71.1 cm³/mol. The lowest BCUT2D eigenvalue weighted by atomic mass is 9.72. The Balaban J connectivity index is 1.93. The Morgan fingerprint density at radius 3 is 2.15 bits per heavy atom. The summed E-state index contributed by atoms with van der Waals surface area (Å²) in [6, 6.07) is 0. The van der Waals surface area contributed by atoms with E-state index in [0.29, 0.717) is 12.8 Å². The van der Waals surface area contributed by atoms with Gasteiger partial charge in [-0.15, -0.1) is 0 Å². The molecule has 2 heterocycles. The number of hydrogen-bond acceptors (Lipinski definition) is 5. The van der Waals surface area contributed by atoms with Gasteiger partial charge < -0.3 is 18.9 Å². The van der Waals surface area contributed by atoms with Gasteiger partial charge in [-0.3, -0.25) is 4.79 Å². The lowest BCUT2D eigenvalue weighted by Gasteiger charge is -2.43. The van der Waals surface area contributed by atoms with Gasteiger partial charge in [-0.2, -0.15) is 0 Å². The first kappa shape index (κ1) is 14.4. The fourth-order valence-electron chi connectivity index (χ4n) is 3.89. The molecule has 0 aromatic rings. The van der Waals surface area contributed by atoms with E-state index in [2.05, 4.69) is 0 Å². The topological polar surface area (TPSA) is 54.0 Å². The third-order valence-electron chi connectivity index (χ3n) is 4.53. The molecule has 0 aromatic carbocycles. The summed E-state index contributed by atoms with van der Waals surface area (Å²) in [5.74, 6) is -1.36. The molecule has 1 spiro atoms. The highest BCUT2D eigenvalue weighted by atomic mass is 16.8. The maximum absolute atomic E-state index is 12.5. The van der Waals surface area contributed by atoms with Gasteiger partial charge in [0.2, 0.25) is 0 Å². The number of ether oxygens (including phenoxy) is 4. The Kier molecular flexibility index (Phi) is 2.76. The number of carbonyl (C=O) groups is 1. The molecule has 3 atom stereocenters. The largest absolute Gasteiger partial charge is 0.344 e. The van der Waals surface area contributed by atoms with Crippen LogP contribution in [0.2, 0.25) is 0 Å². The lowest BCUT2D eigenvalue weighted by molar-refractivity contribution is -0.179. The Morgan fingerprint density at radius 2 is 1.60 bits per heavy atom. The maximum Gasteiger partial charge on any atom is 0.167 e. The molecule has 3 fully saturated rings. The van der Waals surface area contributed by atoms with E-state index in [4.69, 9.17) is 18.9 Å². The van der Waals surface area contributed by atoms with E-state index >= 15 is 0 Å². The first-order valence-corrected chi connectivity index (χ1v) is 7.24. The third kappa shape index (κ3) is 2.03. The number of rotatable bonds is 0. The first-order valence-electron chi connectivity index (χ1n) is 7.24. The SMILES string of the molecule is CC1(C)O[C@@H]2C[C@@]3(CC(=O)[C@@H]2O1)OC(C)(C)OC3(C)C. The minimum Gasteiger partial charge on any atom is -0.344 e. The number of Topliss-reactive ketones (excluding diaryl/α,β-unsaturated/α-hetero) is 1. The highest BCUT2D eigenvalue weighted by Crippen LogP contribution is 2.53. The molecule has 0 bridgehead atoms. The van der Waals surface area contributed by atoms with Crippen LogP contribution >= 0.6 is 0 Å². The highest BCUT2D eigenvalue weighted by molar-refractivity contribution is 5.86. The van der Waals surface area contributed by atoms with Gasteiger partial charge in [-0.25, -0.2) is 0 Å². The lowest BCUT2D eigenvalue weighted by Crippen LogP contribution is -2.57. The molecule has 1 aliphatic carbocycles. The molecule has 0 aromatic heterocycles. The van der Waals surface area contributed by atoms with Gasteiger partial charge in [0.05, 0.1) is 11.7 Å². The van der Waals surface area contributed by atoms with Crippen molar-refractivity contribution in [3.8, 4) is 0 Å². The van der Waals surface area contributed by atoms with Crippen LogP contribution in [-0.2, 0) is 23.7 Å². The highest BCUT2D eigenvalue weighted by Gasteiger charge is 2.65. The van der Waals surface area contributed by atoms with E-state index in [0.717, 1.165) is 0 Å². The third-order valence-corrected chi connectivity index (χ3v) is 4.53. The van der Waals surface area contributed by atoms with Gasteiger partial charge in [0.25, 0.3) is 0 Å². The summed E-state index contributed by atoms with van der Waals surface area (Å²) in [6.07, 6.45) is 0.189. The molecule has 2 aliphatic heterocycles. The molecule has 20 heavy (non-hydrogen) atoms. The zero-order valence-corrected chi connectivity index (χ0v) is 13.1. The van der Waals surface area contributed by atoms with E-state index in [1.807, 2.05) is 41.5 Å². The Bertz CT molecular complexity index is 453. The zero-order valence-electron chi connectivity index (χ0n) is 13.1. The quantitative estimate of drug-likeness (QED) is 0.682. The molecule has 5 heteroatoms. The van der Waals surface area contributed by atoms with Gasteiger partial charge in [-0.1, -0.05) is 0 Å². The van der Waals surface area contributed by atoms with Crippen LogP contribution < -0.4 is 0 Å². The summed E-state index contributed by atoms with van der Waals surface area (Å²) >= 11 is 0. The summed E-state index contributed by atoms with van der Waals surface area (Å²) < 4.78 is 23.8. The van der Waals surface area contributed by atoms with Crippen molar-refractivity contribution in [2.45, 2.75) is 89.4 Å². The van der Waals surface area contributed by atoms with E-state index in [1.54, 1.807) is 0 Å². The fraction of sp³-hybridized carbons (Fsp3) is 0.933. The second kappa shape index (κ2) is 3.83. The van der Waals surface area contributed by atoms with E-state index in [1.165, 1.54) is 0 Å². The first-order chi connectivity index (χ1) is 8.96. The smallest absolute Gasteiger partial charge is 0.167 e. The zero-order chi connectivity index (χ0) is 15.0. The van der Waals surface area contributed by atoms with Crippen molar-refractivity contribution in [3.63, 3.8) is 0 Å². The van der Waals surface area contributed by atoms with Crippen molar-refractivity contribution < 1.29 is 23.7 Å². The van der Waals surface area contributed by atoms with E-state index in [9.17, 15) is 4.79 Å². The van der Waals surface area contributed by atoms with Gasteiger partial charge >= 0.3 is 0 Å². The molecular formula is C15H24O5. The fourth-order valence-corrected chi connectivity index (χ4v) is 3.89. The monoisotopic (exact) mass is 284 g/mol. The minimum atomic E-state index is -0.713. The van der Waals surface area contributed by atoms with Crippen LogP contribution in [0.5, 0.6) is 0 Å². The second-order valence-electron chi connectivity index (χ2n) is 7.55. The molecule has 0 N–H and O–H groups in total. The normalized spacial score (nSPS) is 44.8. The van der Waals surface area contributed by atoms with Gasteiger partial charge in [-0.05, 0) is 41.5 Å². The van der Waals surface area contributed by atoms with Crippen molar-refractivity contribution in [1.82, 2.24) is 0 Å². The molecule has 5 nitrogen and oxygen atoms in total. The summed E-state index contributed by atoms with van der Waals surface area (Å²) in [6.45, 7) is 11.4. The number of hydrogen-bond donors (Lipinski definition) is 0. The minimum absolute atomic E-state index is 0.0428. The van der Waals surface area contributed by atoms with Crippen LogP contribution in [0, 0.1) is 0 Å². The van der Waals surface area contributed by atoms with E-state index < -0.39 is 28.9 Å². The molecule has 3 rings (SSSR count). The summed E-state index contributed by atoms with van der Waals surface area (Å²) in [5.41, 5.74) is -1.17. The standard InChI is InChI=1S/C15H24O5/c1-12(2)15(20-14(5,6)19-12)7-9(16)11-10(8-15)17-13(3,4)18-11/h10-11H,7-8H2,1-6H3/t10-,11+,15-/m1/s1. The van der Waals surface area contributed by atoms with Crippen molar-refractivity contribution in [3.05, 3.63) is 0 Å². The molecule has 2 saturated heterocycles. The van der Waals surface area contributed by atoms with E-state index in [-0.39, 0.29) is 11.9 Å². The Morgan fingerprint density at radius 1 is 0.950 bits per heavy atom. The molecule has 114 valence electrons. The maximum atomic E-state index is 12.5. The van der Waals surface area contributed by atoms with Gasteiger partial charge in [0.15, 0.2) is 17.4 Å². The van der Waals surface area contributed by atoms with Crippen molar-refractivity contribution in [2.24, 2.45) is 0 Å². The molecule has 1 saturated carbocycles. The van der Waals surface area contributed by atoms with Crippen LogP contribution in [-0.4, -0.2) is 40.8 Å². The number of ketones is 1. The van der Waals surface area contributed by atoms with Crippen molar-refractivity contribution in [2.75, 3.05) is 0 Å². The average Bonchev–Trinajstić information content (AvgIpc) is 2.57. The van der Waals surface area contributed by atoms with Crippen molar-refractivity contribution in [1.29, 1.82) is 0 Å². The van der Waals surface area contributed by atoms with Crippen LogP contribution in [0.15, 0.2) is 0 Å². The molecule has 3 aliphatic rings. The Labute approximate surface area is 119 Å². The van der Waals surface area contributed by atoms with Crippen LogP contribution in [0.4, 0.5) is 0 Å². The Hall–Kier alpha value is -0.490. The van der Waals surface area contributed by atoms with Crippen LogP contribution in [0.1, 0.15) is 54.4 Å². The summed E-state index contributed by atoms with van der Waals surface area (Å²) in [5, 5.41) is 0. The van der Waals surface area contributed by atoms with Crippen LogP contribution in [0.3, 0.4) is 0 Å². The van der Waals surface area contributed by atoms with Crippen molar-refractivity contribution >= 4 is 5.78 Å². The van der Waals surface area contributed by atoms with Gasteiger partial charge in [0, 0.05) is 12.8 Å². The number of fused-ring (bicyclic) bond motifs is 1. The number of carbonyl (C=O) groups excluding carboxylic acids is 1. The molecule has 0 unspecified atom stereocenters. The molecule has 0 radical (unpaired) electrons. The van der Waals surface area contributed by atoms with Crippen LogP contribution in [0.25, 0.3) is 0 Å².